The maximum atomic E-state index is 6.26. The Morgan fingerprint density at radius 3 is 2.90 bits per heavy atom. The predicted molar refractivity (Wildman–Crippen MR) is 83.6 cm³/mol. The van der Waals surface area contributed by atoms with E-state index >= 15 is 0 Å². The second-order valence-corrected chi connectivity index (χ2v) is 5.42. The molecule has 0 amide bonds. The fourth-order valence-corrected chi connectivity index (χ4v) is 2.58. The van der Waals surface area contributed by atoms with Crippen molar-refractivity contribution in [3.05, 3.63) is 46.2 Å². The van der Waals surface area contributed by atoms with Crippen molar-refractivity contribution in [3.8, 4) is 11.5 Å². The lowest BCUT2D eigenvalue weighted by molar-refractivity contribution is 0.297. The summed E-state index contributed by atoms with van der Waals surface area (Å²) in [6.45, 7) is 1.83. The Hall–Kier alpha value is -1.65. The lowest BCUT2D eigenvalue weighted by atomic mass is 10.2. The number of hydrogen-bond acceptors (Lipinski definition) is 4. The largest absolute Gasteiger partial charge is 0.489 e. The van der Waals surface area contributed by atoms with Gasteiger partial charge in [0.15, 0.2) is 16.7 Å². The van der Waals surface area contributed by atoms with Crippen molar-refractivity contribution in [2.24, 2.45) is 0 Å². The Bertz CT molecular complexity index is 650. The molecule has 1 aromatic carbocycles. The molecule has 6 heteroatoms. The first-order chi connectivity index (χ1) is 10.2. The Morgan fingerprint density at radius 1 is 1.19 bits per heavy atom. The van der Waals surface area contributed by atoms with Gasteiger partial charge in [0.25, 0.3) is 0 Å². The highest BCUT2D eigenvalue weighted by atomic mass is 35.5. The smallest absolute Gasteiger partial charge is 0.179 e. The molecule has 2 heterocycles. The van der Waals surface area contributed by atoms with E-state index < -0.39 is 0 Å². The van der Waals surface area contributed by atoms with Crippen LogP contribution in [-0.2, 0) is 6.54 Å². The summed E-state index contributed by atoms with van der Waals surface area (Å²) in [5, 5.41) is 4.23. The lowest BCUT2D eigenvalue weighted by Gasteiger charge is -2.13. The highest BCUT2D eigenvalue weighted by molar-refractivity contribution is 6.32. The van der Waals surface area contributed by atoms with Crippen molar-refractivity contribution in [1.29, 1.82) is 0 Å². The molecule has 0 saturated heterocycles. The number of anilines is 1. The Balaban J connectivity index is 1.79. The zero-order valence-corrected chi connectivity index (χ0v) is 12.7. The molecule has 0 unspecified atom stereocenters. The van der Waals surface area contributed by atoms with Gasteiger partial charge in [-0.15, -0.1) is 0 Å². The molecule has 0 radical (unpaired) electrons. The van der Waals surface area contributed by atoms with E-state index in [1.54, 1.807) is 6.20 Å². The van der Waals surface area contributed by atoms with Crippen molar-refractivity contribution >= 4 is 28.9 Å². The van der Waals surface area contributed by atoms with Crippen LogP contribution in [0, 0.1) is 0 Å². The standard InChI is InChI=1S/C15H14Cl2N2O2/c16-11-7-10(8-13-14(11)21-6-2-5-20-13)9-19-12-3-1-4-18-15(12)17/h1,3-4,7-8,19H,2,5-6,9H2. The SMILES string of the molecule is Clc1cc(CNc2cccnc2Cl)cc2c1OCCCO2. The van der Waals surface area contributed by atoms with Gasteiger partial charge in [-0.1, -0.05) is 23.2 Å². The summed E-state index contributed by atoms with van der Waals surface area (Å²) >= 11 is 12.3. The number of nitrogens with zero attached hydrogens (tertiary/aromatic N) is 1. The quantitative estimate of drug-likeness (QED) is 0.861. The van der Waals surface area contributed by atoms with E-state index in [0.29, 0.717) is 41.4 Å². The summed E-state index contributed by atoms with van der Waals surface area (Å²) < 4.78 is 11.3. The van der Waals surface area contributed by atoms with Crippen molar-refractivity contribution < 1.29 is 9.47 Å². The molecular weight excluding hydrogens is 311 g/mol. The van der Waals surface area contributed by atoms with Gasteiger partial charge in [0.1, 0.15) is 0 Å². The number of fused-ring (bicyclic) bond motifs is 1. The molecule has 1 aliphatic rings. The van der Waals surface area contributed by atoms with Gasteiger partial charge in [0.05, 0.1) is 23.9 Å². The number of hydrogen-bond donors (Lipinski definition) is 1. The molecule has 110 valence electrons. The van der Waals surface area contributed by atoms with E-state index in [1.165, 1.54) is 0 Å². The molecule has 0 fully saturated rings. The Labute approximate surface area is 133 Å². The van der Waals surface area contributed by atoms with Gasteiger partial charge in [0, 0.05) is 19.2 Å². The topological polar surface area (TPSA) is 43.4 Å². The lowest BCUT2D eigenvalue weighted by Crippen LogP contribution is -2.02. The summed E-state index contributed by atoms with van der Waals surface area (Å²) in [7, 11) is 0. The van der Waals surface area contributed by atoms with Gasteiger partial charge in [-0.3, -0.25) is 0 Å². The Morgan fingerprint density at radius 2 is 2.05 bits per heavy atom. The third kappa shape index (κ3) is 3.34. The van der Waals surface area contributed by atoms with Crippen LogP contribution in [-0.4, -0.2) is 18.2 Å². The summed E-state index contributed by atoms with van der Waals surface area (Å²) in [5.74, 6) is 1.31. The molecule has 1 aromatic heterocycles. The fourth-order valence-electron chi connectivity index (χ4n) is 2.10. The van der Waals surface area contributed by atoms with E-state index in [2.05, 4.69) is 10.3 Å². The van der Waals surface area contributed by atoms with Gasteiger partial charge in [-0.25, -0.2) is 4.98 Å². The fraction of sp³-hybridized carbons (Fsp3) is 0.267. The second-order valence-electron chi connectivity index (χ2n) is 4.65. The number of nitrogens with one attached hydrogen (secondary N) is 1. The predicted octanol–water partition coefficient (Wildman–Crippen LogP) is 4.16. The molecule has 21 heavy (non-hydrogen) atoms. The number of benzene rings is 1. The third-order valence-electron chi connectivity index (χ3n) is 3.10. The van der Waals surface area contributed by atoms with Crippen LogP contribution in [0.4, 0.5) is 5.69 Å². The molecule has 0 aliphatic carbocycles. The summed E-state index contributed by atoms with van der Waals surface area (Å²) in [5.41, 5.74) is 1.77. The number of aromatic nitrogens is 1. The molecule has 0 saturated carbocycles. The van der Waals surface area contributed by atoms with Gasteiger partial charge < -0.3 is 14.8 Å². The van der Waals surface area contributed by atoms with Crippen LogP contribution >= 0.6 is 23.2 Å². The van der Waals surface area contributed by atoms with E-state index in [1.807, 2.05) is 24.3 Å². The first kappa shape index (κ1) is 14.3. The van der Waals surface area contributed by atoms with E-state index in [4.69, 9.17) is 32.7 Å². The van der Waals surface area contributed by atoms with Crippen LogP contribution in [0.2, 0.25) is 10.2 Å². The minimum absolute atomic E-state index is 0.443. The van der Waals surface area contributed by atoms with Gasteiger partial charge in [-0.05, 0) is 29.8 Å². The highest BCUT2D eigenvalue weighted by Crippen LogP contribution is 2.38. The van der Waals surface area contributed by atoms with Crippen LogP contribution in [0.1, 0.15) is 12.0 Å². The molecule has 0 spiro atoms. The van der Waals surface area contributed by atoms with E-state index in [0.717, 1.165) is 17.7 Å². The van der Waals surface area contributed by atoms with Crippen LogP contribution < -0.4 is 14.8 Å². The molecule has 0 atom stereocenters. The van der Waals surface area contributed by atoms with Gasteiger partial charge >= 0.3 is 0 Å². The highest BCUT2D eigenvalue weighted by Gasteiger charge is 2.15. The molecule has 4 nitrogen and oxygen atoms in total. The normalized spacial score (nSPS) is 13.6. The molecule has 0 bridgehead atoms. The first-order valence-electron chi connectivity index (χ1n) is 6.66. The minimum atomic E-state index is 0.443. The summed E-state index contributed by atoms with van der Waals surface area (Å²) in [6, 6.07) is 7.51. The Kier molecular flexibility index (Phi) is 4.36. The third-order valence-corrected chi connectivity index (χ3v) is 3.69. The zero-order valence-electron chi connectivity index (χ0n) is 11.2. The van der Waals surface area contributed by atoms with Crippen LogP contribution in [0.25, 0.3) is 0 Å². The molecule has 1 N–H and O–H groups in total. The number of ether oxygens (including phenoxy) is 2. The van der Waals surface area contributed by atoms with Crippen molar-refractivity contribution in [3.63, 3.8) is 0 Å². The maximum absolute atomic E-state index is 6.26. The number of pyridine rings is 1. The van der Waals surface area contributed by atoms with Crippen LogP contribution in [0.3, 0.4) is 0 Å². The molecular formula is C15H14Cl2N2O2. The maximum Gasteiger partial charge on any atom is 0.179 e. The van der Waals surface area contributed by atoms with Crippen molar-refractivity contribution in [1.82, 2.24) is 4.98 Å². The number of halogens is 2. The second kappa shape index (κ2) is 6.41. The summed E-state index contributed by atoms with van der Waals surface area (Å²) in [6.07, 6.45) is 2.50. The average Bonchev–Trinajstić information content (AvgIpc) is 2.72. The van der Waals surface area contributed by atoms with Crippen molar-refractivity contribution in [2.75, 3.05) is 18.5 Å². The molecule has 1 aliphatic heterocycles. The van der Waals surface area contributed by atoms with E-state index in [9.17, 15) is 0 Å². The van der Waals surface area contributed by atoms with Gasteiger partial charge in [0.2, 0.25) is 0 Å². The number of rotatable bonds is 3. The van der Waals surface area contributed by atoms with Crippen molar-refractivity contribution in [2.45, 2.75) is 13.0 Å². The molecule has 2 aromatic rings. The van der Waals surface area contributed by atoms with Crippen LogP contribution in [0.5, 0.6) is 11.5 Å². The minimum Gasteiger partial charge on any atom is -0.489 e. The zero-order chi connectivity index (χ0) is 14.7. The van der Waals surface area contributed by atoms with E-state index in [-0.39, 0.29) is 0 Å². The van der Waals surface area contributed by atoms with Crippen LogP contribution in [0.15, 0.2) is 30.5 Å². The summed E-state index contributed by atoms with van der Waals surface area (Å²) in [4.78, 5) is 4.02. The first-order valence-corrected chi connectivity index (χ1v) is 7.42. The van der Waals surface area contributed by atoms with Gasteiger partial charge in [-0.2, -0.15) is 0 Å². The molecule has 3 rings (SSSR count). The average molecular weight is 325 g/mol. The monoisotopic (exact) mass is 324 g/mol.